The summed E-state index contributed by atoms with van der Waals surface area (Å²) in [5.41, 5.74) is 0.908. The molecule has 0 spiro atoms. The van der Waals surface area contributed by atoms with E-state index in [1.165, 1.54) is 0 Å². The van der Waals surface area contributed by atoms with Crippen LogP contribution in [0.3, 0.4) is 0 Å². The SMILES string of the molecule is O=C(CBr)NC(Cc1cccc2ccccc12)C(=O)O. The highest BCUT2D eigenvalue weighted by molar-refractivity contribution is 9.09. The Morgan fingerprint density at radius 1 is 1.15 bits per heavy atom. The predicted octanol–water partition coefficient (Wildman–Crippen LogP) is 2.35. The van der Waals surface area contributed by atoms with Gasteiger partial charge in [-0.25, -0.2) is 4.79 Å². The van der Waals surface area contributed by atoms with Crippen LogP contribution in [-0.2, 0) is 16.0 Å². The fourth-order valence-corrected chi connectivity index (χ4v) is 2.29. The molecule has 1 amide bonds. The number of nitrogens with one attached hydrogen (secondary N) is 1. The standard InChI is InChI=1S/C15H14BrNO3/c16-9-14(18)17-13(15(19)20)8-11-6-3-5-10-4-1-2-7-12(10)11/h1-7,13H,8-9H2,(H,17,18)(H,19,20). The molecule has 2 rings (SSSR count). The first kappa shape index (κ1) is 14.5. The maximum Gasteiger partial charge on any atom is 0.326 e. The number of alkyl halides is 1. The number of halogens is 1. The first-order chi connectivity index (χ1) is 9.61. The molecule has 0 bridgehead atoms. The summed E-state index contributed by atoms with van der Waals surface area (Å²) in [4.78, 5) is 22.6. The number of hydrogen-bond donors (Lipinski definition) is 2. The summed E-state index contributed by atoms with van der Waals surface area (Å²) < 4.78 is 0. The highest BCUT2D eigenvalue weighted by atomic mass is 79.9. The summed E-state index contributed by atoms with van der Waals surface area (Å²) in [6.07, 6.45) is 0.259. The third kappa shape index (κ3) is 3.36. The quantitative estimate of drug-likeness (QED) is 0.824. The van der Waals surface area contributed by atoms with Crippen LogP contribution in [0.15, 0.2) is 42.5 Å². The number of rotatable bonds is 5. The van der Waals surface area contributed by atoms with Crippen LogP contribution in [0.2, 0.25) is 0 Å². The number of carbonyl (C=O) groups excluding carboxylic acids is 1. The molecule has 0 aliphatic heterocycles. The second kappa shape index (κ2) is 6.52. The highest BCUT2D eigenvalue weighted by Gasteiger charge is 2.20. The summed E-state index contributed by atoms with van der Waals surface area (Å²) in [7, 11) is 0. The zero-order chi connectivity index (χ0) is 14.5. The average molecular weight is 336 g/mol. The van der Waals surface area contributed by atoms with Gasteiger partial charge in [0, 0.05) is 6.42 Å². The molecule has 2 N–H and O–H groups in total. The Hall–Kier alpha value is -1.88. The van der Waals surface area contributed by atoms with Crippen molar-refractivity contribution < 1.29 is 14.7 Å². The van der Waals surface area contributed by atoms with Gasteiger partial charge in [-0.15, -0.1) is 0 Å². The van der Waals surface area contributed by atoms with E-state index in [1.807, 2.05) is 42.5 Å². The van der Waals surface area contributed by atoms with E-state index in [0.717, 1.165) is 16.3 Å². The summed E-state index contributed by atoms with van der Waals surface area (Å²) in [6.45, 7) is 0. The Kier molecular flexibility index (Phi) is 4.74. The third-order valence-corrected chi connectivity index (χ3v) is 3.57. The number of carboxylic acids is 1. The van der Waals surface area contributed by atoms with Gasteiger partial charge in [-0.1, -0.05) is 58.4 Å². The van der Waals surface area contributed by atoms with Gasteiger partial charge in [-0.05, 0) is 16.3 Å². The minimum absolute atomic E-state index is 0.0896. The van der Waals surface area contributed by atoms with Gasteiger partial charge < -0.3 is 10.4 Å². The molecule has 104 valence electrons. The molecule has 5 heteroatoms. The van der Waals surface area contributed by atoms with Crippen molar-refractivity contribution >= 4 is 38.6 Å². The fourth-order valence-electron chi connectivity index (χ4n) is 2.12. The normalized spacial score (nSPS) is 12.1. The van der Waals surface area contributed by atoms with Gasteiger partial charge >= 0.3 is 5.97 Å². The molecule has 0 aliphatic carbocycles. The molecule has 0 aromatic heterocycles. The minimum atomic E-state index is -1.03. The lowest BCUT2D eigenvalue weighted by molar-refractivity contribution is -0.141. The Morgan fingerprint density at radius 3 is 2.55 bits per heavy atom. The minimum Gasteiger partial charge on any atom is -0.480 e. The number of fused-ring (bicyclic) bond motifs is 1. The van der Waals surface area contributed by atoms with Crippen LogP contribution < -0.4 is 5.32 Å². The van der Waals surface area contributed by atoms with E-state index in [1.54, 1.807) is 0 Å². The summed E-state index contributed by atoms with van der Waals surface area (Å²) in [5.74, 6) is -1.37. The van der Waals surface area contributed by atoms with E-state index < -0.39 is 12.0 Å². The summed E-state index contributed by atoms with van der Waals surface area (Å²) in [5, 5.41) is 13.9. The molecule has 0 radical (unpaired) electrons. The Labute approximate surface area is 124 Å². The fraction of sp³-hybridized carbons (Fsp3) is 0.200. The van der Waals surface area contributed by atoms with Crippen LogP contribution in [0.1, 0.15) is 5.56 Å². The van der Waals surface area contributed by atoms with Gasteiger partial charge in [-0.2, -0.15) is 0 Å². The molecule has 0 aliphatic rings. The third-order valence-electron chi connectivity index (χ3n) is 3.06. The second-order valence-corrected chi connectivity index (χ2v) is 5.00. The molecule has 1 unspecified atom stereocenters. The van der Waals surface area contributed by atoms with Gasteiger partial charge in [0.2, 0.25) is 5.91 Å². The molecular formula is C15H14BrNO3. The van der Waals surface area contributed by atoms with E-state index in [0.29, 0.717) is 0 Å². The van der Waals surface area contributed by atoms with Gasteiger partial charge in [-0.3, -0.25) is 4.79 Å². The average Bonchev–Trinajstić information content (AvgIpc) is 2.46. The molecule has 0 saturated heterocycles. The van der Waals surface area contributed by atoms with Crippen molar-refractivity contribution in [3.63, 3.8) is 0 Å². The topological polar surface area (TPSA) is 66.4 Å². The highest BCUT2D eigenvalue weighted by Crippen LogP contribution is 2.19. The van der Waals surface area contributed by atoms with Crippen molar-refractivity contribution in [1.29, 1.82) is 0 Å². The van der Waals surface area contributed by atoms with Crippen LogP contribution in [0.4, 0.5) is 0 Å². The van der Waals surface area contributed by atoms with Crippen LogP contribution in [0.25, 0.3) is 10.8 Å². The summed E-state index contributed by atoms with van der Waals surface area (Å²) >= 11 is 3.01. The first-order valence-corrected chi connectivity index (χ1v) is 7.28. The van der Waals surface area contributed by atoms with Crippen molar-refractivity contribution in [2.45, 2.75) is 12.5 Å². The molecule has 20 heavy (non-hydrogen) atoms. The largest absolute Gasteiger partial charge is 0.480 e. The molecule has 1 atom stereocenters. The van der Waals surface area contributed by atoms with Gasteiger partial charge in [0.1, 0.15) is 6.04 Å². The number of amides is 1. The Bertz CT molecular complexity index is 637. The lowest BCUT2D eigenvalue weighted by atomic mass is 9.99. The summed E-state index contributed by atoms with van der Waals surface area (Å²) in [6, 6.07) is 12.6. The first-order valence-electron chi connectivity index (χ1n) is 6.16. The number of carboxylic acid groups (broad SMARTS) is 1. The maximum absolute atomic E-state index is 11.4. The van der Waals surface area contributed by atoms with Crippen molar-refractivity contribution in [3.8, 4) is 0 Å². The Morgan fingerprint density at radius 2 is 1.85 bits per heavy atom. The number of hydrogen-bond acceptors (Lipinski definition) is 2. The van der Waals surface area contributed by atoms with Crippen LogP contribution in [0, 0.1) is 0 Å². The van der Waals surface area contributed by atoms with Gasteiger partial charge in [0.25, 0.3) is 0 Å². The molecular weight excluding hydrogens is 322 g/mol. The van der Waals surface area contributed by atoms with Crippen molar-refractivity contribution in [1.82, 2.24) is 5.32 Å². The van der Waals surface area contributed by atoms with Crippen molar-refractivity contribution in [2.75, 3.05) is 5.33 Å². The van der Waals surface area contributed by atoms with E-state index in [-0.39, 0.29) is 17.7 Å². The molecule has 2 aromatic carbocycles. The van der Waals surface area contributed by atoms with Crippen LogP contribution in [-0.4, -0.2) is 28.4 Å². The number of carbonyl (C=O) groups is 2. The molecule has 2 aromatic rings. The predicted molar refractivity (Wildman–Crippen MR) is 81.0 cm³/mol. The van der Waals surface area contributed by atoms with Crippen molar-refractivity contribution in [3.05, 3.63) is 48.0 Å². The second-order valence-electron chi connectivity index (χ2n) is 4.43. The number of benzene rings is 2. The zero-order valence-electron chi connectivity index (χ0n) is 10.7. The molecule has 0 fully saturated rings. The van der Waals surface area contributed by atoms with Crippen LogP contribution >= 0.6 is 15.9 Å². The van der Waals surface area contributed by atoms with E-state index in [9.17, 15) is 14.7 Å². The maximum atomic E-state index is 11.4. The van der Waals surface area contributed by atoms with Gasteiger partial charge in [0.15, 0.2) is 0 Å². The van der Waals surface area contributed by atoms with E-state index in [2.05, 4.69) is 21.2 Å². The molecule has 4 nitrogen and oxygen atoms in total. The molecule has 0 saturated carbocycles. The van der Waals surface area contributed by atoms with Crippen molar-refractivity contribution in [2.24, 2.45) is 0 Å². The zero-order valence-corrected chi connectivity index (χ0v) is 12.3. The molecule has 0 heterocycles. The smallest absolute Gasteiger partial charge is 0.326 e. The van der Waals surface area contributed by atoms with E-state index in [4.69, 9.17) is 0 Å². The van der Waals surface area contributed by atoms with Crippen LogP contribution in [0.5, 0.6) is 0 Å². The lowest BCUT2D eigenvalue weighted by Crippen LogP contribution is -2.42. The van der Waals surface area contributed by atoms with E-state index >= 15 is 0 Å². The lowest BCUT2D eigenvalue weighted by Gasteiger charge is -2.15. The van der Waals surface area contributed by atoms with Gasteiger partial charge in [0.05, 0.1) is 5.33 Å². The monoisotopic (exact) mass is 335 g/mol. The number of aliphatic carboxylic acids is 1. The Balaban J connectivity index is 2.29.